The van der Waals surface area contributed by atoms with Crippen molar-refractivity contribution in [2.24, 2.45) is 0 Å². The van der Waals surface area contributed by atoms with Crippen LogP contribution in [0.25, 0.3) is 0 Å². The SMILES string of the molecule is CCn1cc(NC(=O)N2CCCC(O)C2)cn1. The number of aliphatic hydroxyl groups is 1. The molecule has 6 nitrogen and oxygen atoms in total. The molecule has 1 aliphatic rings. The smallest absolute Gasteiger partial charge is 0.322 e. The Balaban J connectivity index is 1.91. The van der Waals surface area contributed by atoms with Gasteiger partial charge in [-0.2, -0.15) is 5.10 Å². The zero-order valence-electron chi connectivity index (χ0n) is 9.96. The van der Waals surface area contributed by atoms with Crippen molar-refractivity contribution < 1.29 is 9.90 Å². The topological polar surface area (TPSA) is 70.4 Å². The molecule has 1 aromatic heterocycles. The van der Waals surface area contributed by atoms with Gasteiger partial charge in [-0.15, -0.1) is 0 Å². The minimum atomic E-state index is -0.395. The lowest BCUT2D eigenvalue weighted by atomic mass is 10.1. The Kier molecular flexibility index (Phi) is 3.63. The molecular weight excluding hydrogens is 220 g/mol. The highest BCUT2D eigenvalue weighted by atomic mass is 16.3. The quantitative estimate of drug-likeness (QED) is 0.804. The van der Waals surface area contributed by atoms with Crippen LogP contribution in [-0.4, -0.2) is 45.0 Å². The molecule has 1 atom stereocenters. The lowest BCUT2D eigenvalue weighted by Gasteiger charge is -2.29. The van der Waals surface area contributed by atoms with Gasteiger partial charge >= 0.3 is 6.03 Å². The van der Waals surface area contributed by atoms with Gasteiger partial charge in [0.2, 0.25) is 0 Å². The van der Waals surface area contributed by atoms with E-state index in [0.717, 1.165) is 19.4 Å². The van der Waals surface area contributed by atoms with Crippen molar-refractivity contribution in [2.45, 2.75) is 32.4 Å². The Morgan fingerprint density at radius 2 is 2.53 bits per heavy atom. The second kappa shape index (κ2) is 5.18. The summed E-state index contributed by atoms with van der Waals surface area (Å²) in [6.45, 7) is 3.87. The molecule has 0 saturated carbocycles. The Morgan fingerprint density at radius 1 is 1.71 bits per heavy atom. The van der Waals surface area contributed by atoms with E-state index in [9.17, 15) is 9.90 Å². The van der Waals surface area contributed by atoms with Crippen LogP contribution in [0.3, 0.4) is 0 Å². The van der Waals surface area contributed by atoms with E-state index >= 15 is 0 Å². The first-order valence-electron chi connectivity index (χ1n) is 5.95. The third kappa shape index (κ3) is 2.97. The summed E-state index contributed by atoms with van der Waals surface area (Å²) in [5.74, 6) is 0. The van der Waals surface area contributed by atoms with E-state index in [2.05, 4.69) is 10.4 Å². The first kappa shape index (κ1) is 11.9. The van der Waals surface area contributed by atoms with Crippen LogP contribution in [0.5, 0.6) is 0 Å². The molecule has 0 aliphatic carbocycles. The zero-order chi connectivity index (χ0) is 12.3. The Labute approximate surface area is 100 Å². The molecule has 2 rings (SSSR count). The molecule has 94 valence electrons. The van der Waals surface area contributed by atoms with Crippen LogP contribution in [0, 0.1) is 0 Å². The number of β-amino-alcohol motifs (C(OH)–C–C–N with tert-alkyl or cyclic N) is 1. The molecular formula is C11H18N4O2. The second-order valence-corrected chi connectivity index (χ2v) is 4.26. The largest absolute Gasteiger partial charge is 0.391 e. The van der Waals surface area contributed by atoms with Gasteiger partial charge in [0, 0.05) is 25.8 Å². The summed E-state index contributed by atoms with van der Waals surface area (Å²) in [6, 6.07) is -0.167. The number of aromatic nitrogens is 2. The number of amides is 2. The number of piperidine rings is 1. The highest BCUT2D eigenvalue weighted by Gasteiger charge is 2.22. The molecule has 0 spiro atoms. The van der Waals surface area contributed by atoms with Gasteiger partial charge in [0.1, 0.15) is 0 Å². The predicted molar refractivity (Wildman–Crippen MR) is 63.7 cm³/mol. The maximum atomic E-state index is 11.9. The van der Waals surface area contributed by atoms with E-state index in [-0.39, 0.29) is 6.03 Å². The number of aryl methyl sites for hydroxylation is 1. The molecule has 2 heterocycles. The number of nitrogens with zero attached hydrogens (tertiary/aromatic N) is 3. The van der Waals surface area contributed by atoms with Gasteiger partial charge in [0.05, 0.1) is 18.0 Å². The number of urea groups is 1. The van der Waals surface area contributed by atoms with Gasteiger partial charge in [-0.3, -0.25) is 4.68 Å². The number of rotatable bonds is 2. The van der Waals surface area contributed by atoms with Gasteiger partial charge in [0.25, 0.3) is 0 Å². The van der Waals surface area contributed by atoms with Crippen molar-refractivity contribution in [3.05, 3.63) is 12.4 Å². The molecule has 2 N–H and O–H groups in total. The number of aliphatic hydroxyl groups excluding tert-OH is 1. The van der Waals surface area contributed by atoms with Crippen molar-refractivity contribution in [3.63, 3.8) is 0 Å². The highest BCUT2D eigenvalue weighted by Crippen LogP contribution is 2.12. The molecule has 2 amide bonds. The molecule has 0 bridgehead atoms. The van der Waals surface area contributed by atoms with E-state index in [0.29, 0.717) is 18.8 Å². The molecule has 0 aromatic carbocycles. The van der Waals surface area contributed by atoms with Crippen molar-refractivity contribution in [2.75, 3.05) is 18.4 Å². The van der Waals surface area contributed by atoms with Crippen LogP contribution in [0.2, 0.25) is 0 Å². The van der Waals surface area contributed by atoms with Crippen LogP contribution in [-0.2, 0) is 6.54 Å². The van der Waals surface area contributed by atoms with Gasteiger partial charge in [0.15, 0.2) is 0 Å². The Bertz CT molecular complexity index is 391. The third-order valence-corrected chi connectivity index (χ3v) is 2.89. The van der Waals surface area contributed by atoms with Gasteiger partial charge < -0.3 is 15.3 Å². The number of nitrogens with one attached hydrogen (secondary N) is 1. The fourth-order valence-corrected chi connectivity index (χ4v) is 1.94. The van der Waals surface area contributed by atoms with Crippen LogP contribution in [0.1, 0.15) is 19.8 Å². The first-order valence-corrected chi connectivity index (χ1v) is 5.95. The van der Waals surface area contributed by atoms with Gasteiger partial charge in [-0.25, -0.2) is 4.79 Å². The summed E-state index contributed by atoms with van der Waals surface area (Å²) in [4.78, 5) is 13.5. The van der Waals surface area contributed by atoms with Crippen molar-refractivity contribution in [1.29, 1.82) is 0 Å². The van der Waals surface area contributed by atoms with E-state index in [1.54, 1.807) is 22.0 Å². The molecule has 1 aliphatic heterocycles. The van der Waals surface area contributed by atoms with Crippen LogP contribution < -0.4 is 5.32 Å². The first-order chi connectivity index (χ1) is 8.19. The monoisotopic (exact) mass is 238 g/mol. The average molecular weight is 238 g/mol. The van der Waals surface area contributed by atoms with Crippen molar-refractivity contribution in [3.8, 4) is 0 Å². The molecule has 1 aromatic rings. The number of hydrogen-bond donors (Lipinski definition) is 2. The number of carbonyl (C=O) groups excluding carboxylic acids is 1. The predicted octanol–water partition coefficient (Wildman–Crippen LogP) is 0.892. The zero-order valence-corrected chi connectivity index (χ0v) is 9.96. The van der Waals surface area contributed by atoms with Gasteiger partial charge in [-0.05, 0) is 19.8 Å². The maximum Gasteiger partial charge on any atom is 0.322 e. The lowest BCUT2D eigenvalue weighted by Crippen LogP contribution is -2.44. The standard InChI is InChI=1S/C11H18N4O2/c1-2-15-7-9(6-12-15)13-11(17)14-5-3-4-10(16)8-14/h6-7,10,16H,2-5,8H2,1H3,(H,13,17). The normalized spacial score (nSPS) is 20.4. The van der Waals surface area contributed by atoms with E-state index in [4.69, 9.17) is 0 Å². The van der Waals surface area contributed by atoms with Gasteiger partial charge in [-0.1, -0.05) is 0 Å². The molecule has 17 heavy (non-hydrogen) atoms. The molecule has 1 fully saturated rings. The Morgan fingerprint density at radius 3 is 3.18 bits per heavy atom. The Hall–Kier alpha value is -1.56. The average Bonchev–Trinajstić information content (AvgIpc) is 2.77. The highest BCUT2D eigenvalue weighted by molar-refractivity contribution is 5.89. The number of carbonyl (C=O) groups is 1. The summed E-state index contributed by atoms with van der Waals surface area (Å²) in [5, 5.41) is 16.4. The summed E-state index contributed by atoms with van der Waals surface area (Å²) in [7, 11) is 0. The van der Waals surface area contributed by atoms with Crippen molar-refractivity contribution in [1.82, 2.24) is 14.7 Å². The fourth-order valence-electron chi connectivity index (χ4n) is 1.94. The molecule has 1 saturated heterocycles. The minimum absolute atomic E-state index is 0.167. The minimum Gasteiger partial charge on any atom is -0.391 e. The molecule has 1 unspecified atom stereocenters. The maximum absolute atomic E-state index is 11.9. The number of hydrogen-bond acceptors (Lipinski definition) is 3. The summed E-state index contributed by atoms with van der Waals surface area (Å²) >= 11 is 0. The van der Waals surface area contributed by atoms with Crippen LogP contribution >= 0.6 is 0 Å². The lowest BCUT2D eigenvalue weighted by molar-refractivity contribution is 0.0883. The van der Waals surface area contributed by atoms with E-state index in [1.807, 2.05) is 6.92 Å². The number of likely N-dealkylation sites (tertiary alicyclic amines) is 1. The summed E-state index contributed by atoms with van der Waals surface area (Å²) in [5.41, 5.74) is 0.692. The van der Waals surface area contributed by atoms with E-state index in [1.165, 1.54) is 0 Å². The third-order valence-electron chi connectivity index (χ3n) is 2.89. The van der Waals surface area contributed by atoms with Crippen LogP contribution in [0.15, 0.2) is 12.4 Å². The van der Waals surface area contributed by atoms with Crippen LogP contribution in [0.4, 0.5) is 10.5 Å². The van der Waals surface area contributed by atoms with E-state index < -0.39 is 6.10 Å². The summed E-state index contributed by atoms with van der Waals surface area (Å²) in [6.07, 6.45) is 4.65. The summed E-state index contributed by atoms with van der Waals surface area (Å²) < 4.78 is 1.75. The molecule has 0 radical (unpaired) electrons. The fraction of sp³-hybridized carbons (Fsp3) is 0.636. The number of anilines is 1. The van der Waals surface area contributed by atoms with Crippen molar-refractivity contribution >= 4 is 11.7 Å². The second-order valence-electron chi connectivity index (χ2n) is 4.26. The molecule has 6 heteroatoms.